The normalized spacial score (nSPS) is 20.1. The van der Waals surface area contributed by atoms with Crippen LogP contribution in [0.1, 0.15) is 24.8 Å². The summed E-state index contributed by atoms with van der Waals surface area (Å²) in [5.74, 6) is -0.647. The molecule has 0 aromatic heterocycles. The fourth-order valence-corrected chi connectivity index (χ4v) is 3.51. The van der Waals surface area contributed by atoms with Crippen LogP contribution in [-0.4, -0.2) is 28.2 Å². The van der Waals surface area contributed by atoms with Crippen molar-refractivity contribution in [1.29, 1.82) is 0 Å². The third kappa shape index (κ3) is 3.98. The van der Waals surface area contributed by atoms with Gasteiger partial charge in [0.15, 0.2) is 0 Å². The van der Waals surface area contributed by atoms with Gasteiger partial charge in [-0.05, 0) is 48.7 Å². The number of aliphatic carboxylic acids is 1. The lowest BCUT2D eigenvalue weighted by Crippen LogP contribution is -2.32. The summed E-state index contributed by atoms with van der Waals surface area (Å²) in [6.45, 7) is 0. The molecule has 4 nitrogen and oxygen atoms in total. The van der Waals surface area contributed by atoms with Crippen LogP contribution in [0.4, 0.5) is 0 Å². The van der Waals surface area contributed by atoms with Crippen LogP contribution in [-0.2, 0) is 16.0 Å². The summed E-state index contributed by atoms with van der Waals surface area (Å²) >= 11 is 6.99. The van der Waals surface area contributed by atoms with Gasteiger partial charge in [0.1, 0.15) is 11.8 Å². The lowest BCUT2D eigenvalue weighted by molar-refractivity contribution is -0.138. The molecule has 2 unspecified atom stereocenters. The van der Waals surface area contributed by atoms with E-state index in [0.717, 1.165) is 23.3 Å². The van der Waals surface area contributed by atoms with Crippen molar-refractivity contribution in [3.05, 3.63) is 29.8 Å². The molecule has 1 aromatic carbocycles. The molecular weight excluding hydrogens is 298 g/mol. The largest absolute Gasteiger partial charge is 0.480 e. The Hall–Kier alpha value is -1.04. The number of carbonyl (C=O) groups is 2. The minimum absolute atomic E-state index is 0.0807. The fraction of sp³-hybridized carbons (Fsp3) is 0.429. The van der Waals surface area contributed by atoms with Crippen molar-refractivity contribution in [2.24, 2.45) is 0 Å². The number of carbonyl (C=O) groups excluding carboxylic acids is 1. The molecule has 2 N–H and O–H groups in total. The fourth-order valence-electron chi connectivity index (χ4n) is 2.18. The van der Waals surface area contributed by atoms with Crippen LogP contribution in [0.2, 0.25) is 0 Å². The molecule has 0 spiro atoms. The Bertz CT molecular complexity index is 469. The van der Waals surface area contributed by atoms with Crippen molar-refractivity contribution in [3.63, 3.8) is 0 Å². The van der Waals surface area contributed by atoms with E-state index >= 15 is 0 Å². The molecule has 0 bridgehead atoms. The van der Waals surface area contributed by atoms with Crippen molar-refractivity contribution in [1.82, 2.24) is 4.84 Å². The summed E-state index contributed by atoms with van der Waals surface area (Å²) in [7, 11) is 0. The third-order valence-electron chi connectivity index (χ3n) is 3.32. The Morgan fingerprint density at radius 3 is 2.65 bits per heavy atom. The Kier molecular flexibility index (Phi) is 5.46. The van der Waals surface area contributed by atoms with Crippen LogP contribution in [0.25, 0.3) is 0 Å². The molecule has 0 saturated heterocycles. The maximum absolute atomic E-state index is 11.6. The average molecular weight is 314 g/mol. The van der Waals surface area contributed by atoms with Crippen LogP contribution in [0.3, 0.4) is 0 Å². The van der Waals surface area contributed by atoms with Crippen LogP contribution in [0, 0.1) is 0 Å². The Balaban J connectivity index is 1.95. The number of carboxylic acid groups (broad SMARTS) is 1. The molecule has 1 fully saturated rings. The Morgan fingerprint density at radius 2 is 2.15 bits per heavy atom. The number of nitrogens with one attached hydrogen (secondary N) is 1. The lowest BCUT2D eigenvalue weighted by atomic mass is 10.1. The second-order valence-electron chi connectivity index (χ2n) is 4.81. The number of rotatable bonds is 6. The zero-order valence-electron chi connectivity index (χ0n) is 10.8. The number of hydrogen-bond acceptors (Lipinski definition) is 4. The Labute approximate surface area is 127 Å². The van der Waals surface area contributed by atoms with Crippen molar-refractivity contribution in [3.8, 4) is 0 Å². The molecule has 1 aliphatic rings. The van der Waals surface area contributed by atoms with E-state index in [-0.39, 0.29) is 5.25 Å². The van der Waals surface area contributed by atoms with Gasteiger partial charge in [0.2, 0.25) is 0 Å². The third-order valence-corrected chi connectivity index (χ3v) is 4.91. The van der Waals surface area contributed by atoms with Gasteiger partial charge in [-0.3, -0.25) is 9.59 Å². The molecule has 6 heteroatoms. The Morgan fingerprint density at radius 1 is 1.45 bits per heavy atom. The van der Waals surface area contributed by atoms with E-state index < -0.39 is 12.0 Å². The zero-order chi connectivity index (χ0) is 14.5. The number of carboxylic acids is 1. The predicted molar refractivity (Wildman–Crippen MR) is 79.1 cm³/mol. The minimum Gasteiger partial charge on any atom is -0.480 e. The number of ketones is 1. The smallest absolute Gasteiger partial charge is 0.322 e. The topological polar surface area (TPSA) is 66.4 Å². The van der Waals surface area contributed by atoms with Gasteiger partial charge in [-0.25, -0.2) is 4.84 Å². The number of halogens is 1. The van der Waals surface area contributed by atoms with Gasteiger partial charge in [0.25, 0.3) is 0 Å². The van der Waals surface area contributed by atoms with Gasteiger partial charge < -0.3 is 5.11 Å². The molecule has 108 valence electrons. The quantitative estimate of drug-likeness (QED) is 0.790. The average Bonchev–Trinajstić information content (AvgIpc) is 2.83. The SMILES string of the molecule is O=C(O)C(Cc1ccc(SC2CCCC2=O)cc1)NCl. The van der Waals surface area contributed by atoms with Gasteiger partial charge in [-0.1, -0.05) is 12.1 Å². The van der Waals surface area contributed by atoms with Crippen molar-refractivity contribution in [2.45, 2.75) is 41.9 Å². The van der Waals surface area contributed by atoms with Crippen molar-refractivity contribution >= 4 is 35.3 Å². The van der Waals surface area contributed by atoms with E-state index in [1.54, 1.807) is 11.8 Å². The van der Waals surface area contributed by atoms with Gasteiger partial charge in [-0.15, -0.1) is 11.8 Å². The maximum atomic E-state index is 11.6. The highest BCUT2D eigenvalue weighted by Gasteiger charge is 2.25. The minimum atomic E-state index is -0.977. The summed E-state index contributed by atoms with van der Waals surface area (Å²) in [6.07, 6.45) is 2.95. The highest BCUT2D eigenvalue weighted by atomic mass is 35.5. The summed E-state index contributed by atoms with van der Waals surface area (Å²) in [6, 6.07) is 6.82. The van der Waals surface area contributed by atoms with Crippen LogP contribution in [0.5, 0.6) is 0 Å². The number of benzene rings is 1. The first-order chi connectivity index (χ1) is 9.60. The first kappa shape index (κ1) is 15.4. The van der Waals surface area contributed by atoms with Crippen molar-refractivity contribution < 1.29 is 14.7 Å². The summed E-state index contributed by atoms with van der Waals surface area (Å²) in [5, 5.41) is 9.00. The highest BCUT2D eigenvalue weighted by molar-refractivity contribution is 8.00. The van der Waals surface area contributed by atoms with Gasteiger partial charge in [0.05, 0.1) is 5.25 Å². The first-order valence-electron chi connectivity index (χ1n) is 6.47. The van der Waals surface area contributed by atoms with E-state index in [2.05, 4.69) is 4.84 Å². The van der Waals surface area contributed by atoms with E-state index in [9.17, 15) is 9.59 Å². The predicted octanol–water partition coefficient (Wildman–Crippen LogP) is 2.64. The maximum Gasteiger partial charge on any atom is 0.322 e. The van der Waals surface area contributed by atoms with Crippen LogP contribution >= 0.6 is 23.5 Å². The molecule has 1 aromatic rings. The summed E-state index contributed by atoms with van der Waals surface area (Å²) in [4.78, 5) is 25.8. The summed E-state index contributed by atoms with van der Waals surface area (Å²) < 4.78 is 0. The van der Waals surface area contributed by atoms with Gasteiger partial charge in [0, 0.05) is 11.3 Å². The van der Waals surface area contributed by atoms with Crippen LogP contribution in [0.15, 0.2) is 29.2 Å². The monoisotopic (exact) mass is 313 g/mol. The van der Waals surface area contributed by atoms with E-state index in [1.165, 1.54) is 0 Å². The molecule has 0 aliphatic heterocycles. The molecule has 0 amide bonds. The molecule has 2 atom stereocenters. The molecule has 0 heterocycles. The zero-order valence-corrected chi connectivity index (χ0v) is 12.4. The highest BCUT2D eigenvalue weighted by Crippen LogP contribution is 2.32. The van der Waals surface area contributed by atoms with Crippen molar-refractivity contribution in [2.75, 3.05) is 0 Å². The lowest BCUT2D eigenvalue weighted by Gasteiger charge is -2.11. The summed E-state index contributed by atoms with van der Waals surface area (Å²) in [5.41, 5.74) is 0.896. The second kappa shape index (κ2) is 7.11. The second-order valence-corrected chi connectivity index (χ2v) is 6.31. The number of thioether (sulfide) groups is 1. The van der Waals surface area contributed by atoms with E-state index in [0.29, 0.717) is 18.6 Å². The number of Topliss-reactive ketones (excluding diaryl/α,β-unsaturated/α-hetero) is 1. The van der Waals surface area contributed by atoms with Gasteiger partial charge in [-0.2, -0.15) is 0 Å². The molecular formula is C14H16ClNO3S. The standard InChI is InChI=1S/C14H16ClNO3S/c15-16-11(14(18)19)8-9-4-6-10(7-5-9)20-13-3-1-2-12(13)17/h4-7,11,13,16H,1-3,8H2,(H,18,19). The van der Waals surface area contributed by atoms with Gasteiger partial charge >= 0.3 is 5.97 Å². The molecule has 0 radical (unpaired) electrons. The first-order valence-corrected chi connectivity index (χ1v) is 7.73. The molecule has 1 aliphatic carbocycles. The van der Waals surface area contributed by atoms with Crippen LogP contribution < -0.4 is 4.84 Å². The molecule has 1 saturated carbocycles. The molecule has 2 rings (SSSR count). The number of hydrogen-bond donors (Lipinski definition) is 2. The van der Waals surface area contributed by atoms with E-state index in [4.69, 9.17) is 16.9 Å². The molecule has 20 heavy (non-hydrogen) atoms. The van der Waals surface area contributed by atoms with E-state index in [1.807, 2.05) is 24.3 Å².